The molecule has 0 unspecified atom stereocenters. The van der Waals surface area contributed by atoms with E-state index in [-0.39, 0.29) is 18.2 Å². The number of methoxy groups -OCH3 is 1. The van der Waals surface area contributed by atoms with E-state index in [1.807, 2.05) is 76.2 Å². The number of ether oxygens (including phenoxy) is 4. The molecule has 1 aromatic heterocycles. The standard InChI is InChI=1S/C35H41NO5S/c1-23(2)40-27-14-12-25(13-15-27)34-33(35(37)38-5)32-30(21-29(41-24(3)4)22-31(32)42-34)26-10-9-11-28(20-26)39-19-18-36-16-7-6-8-17-36/h9-15,20-24H,6-8,16-19H2,1-5H3. The van der Waals surface area contributed by atoms with Crippen LogP contribution in [0.5, 0.6) is 17.2 Å². The second kappa shape index (κ2) is 13.6. The quantitative estimate of drug-likeness (QED) is 0.164. The van der Waals surface area contributed by atoms with Gasteiger partial charge in [0.15, 0.2) is 0 Å². The number of fused-ring (bicyclic) bond motifs is 1. The van der Waals surface area contributed by atoms with E-state index in [9.17, 15) is 4.79 Å². The maximum Gasteiger partial charge on any atom is 0.340 e. The van der Waals surface area contributed by atoms with Crippen molar-refractivity contribution in [2.45, 2.75) is 59.2 Å². The molecule has 0 N–H and O–H groups in total. The lowest BCUT2D eigenvalue weighted by molar-refractivity contribution is 0.0604. The van der Waals surface area contributed by atoms with E-state index in [1.54, 1.807) is 11.3 Å². The van der Waals surface area contributed by atoms with Crippen molar-refractivity contribution in [2.75, 3.05) is 33.4 Å². The third-order valence-corrected chi connectivity index (χ3v) is 8.47. The fraction of sp³-hybridized carbons (Fsp3) is 0.400. The van der Waals surface area contributed by atoms with E-state index in [2.05, 4.69) is 17.0 Å². The highest BCUT2D eigenvalue weighted by atomic mass is 32.1. The lowest BCUT2D eigenvalue weighted by Crippen LogP contribution is -2.33. The average Bonchev–Trinajstić information content (AvgIpc) is 3.36. The number of carbonyl (C=O) groups is 1. The van der Waals surface area contributed by atoms with Crippen molar-refractivity contribution in [1.29, 1.82) is 0 Å². The van der Waals surface area contributed by atoms with Gasteiger partial charge in [-0.1, -0.05) is 18.6 Å². The first-order valence-electron chi connectivity index (χ1n) is 14.9. The Hall–Kier alpha value is -3.55. The minimum Gasteiger partial charge on any atom is -0.492 e. The van der Waals surface area contributed by atoms with E-state index < -0.39 is 0 Å². The van der Waals surface area contributed by atoms with E-state index in [0.29, 0.717) is 12.2 Å². The Morgan fingerprint density at radius 1 is 0.833 bits per heavy atom. The van der Waals surface area contributed by atoms with Crippen LogP contribution in [0.15, 0.2) is 60.7 Å². The summed E-state index contributed by atoms with van der Waals surface area (Å²) < 4.78 is 24.5. The summed E-state index contributed by atoms with van der Waals surface area (Å²) in [6.07, 6.45) is 3.94. The number of hydrogen-bond donors (Lipinski definition) is 0. The topological polar surface area (TPSA) is 57.2 Å². The van der Waals surface area contributed by atoms with Gasteiger partial charge in [-0.2, -0.15) is 0 Å². The van der Waals surface area contributed by atoms with Gasteiger partial charge >= 0.3 is 5.97 Å². The second-order valence-corrected chi connectivity index (χ2v) is 12.3. The first-order chi connectivity index (χ1) is 20.3. The van der Waals surface area contributed by atoms with Gasteiger partial charge in [0.1, 0.15) is 23.9 Å². The van der Waals surface area contributed by atoms with Crippen molar-refractivity contribution < 1.29 is 23.7 Å². The Balaban J connectivity index is 1.57. The van der Waals surface area contributed by atoms with Crippen molar-refractivity contribution in [1.82, 2.24) is 4.90 Å². The summed E-state index contributed by atoms with van der Waals surface area (Å²) in [6, 6.07) is 20.0. The van der Waals surface area contributed by atoms with Gasteiger partial charge in [-0.3, -0.25) is 4.90 Å². The Kier molecular flexibility index (Phi) is 9.70. The monoisotopic (exact) mass is 587 g/mol. The Bertz CT molecular complexity index is 1500. The molecule has 0 amide bonds. The minimum absolute atomic E-state index is 0.00719. The van der Waals surface area contributed by atoms with Crippen LogP contribution in [-0.4, -0.2) is 56.4 Å². The summed E-state index contributed by atoms with van der Waals surface area (Å²) >= 11 is 1.57. The molecule has 1 saturated heterocycles. The summed E-state index contributed by atoms with van der Waals surface area (Å²) in [5, 5.41) is 0.853. The number of piperidine rings is 1. The van der Waals surface area contributed by atoms with Crippen LogP contribution in [0.3, 0.4) is 0 Å². The van der Waals surface area contributed by atoms with Gasteiger partial charge in [-0.05, 0) is 119 Å². The van der Waals surface area contributed by atoms with Gasteiger partial charge in [-0.25, -0.2) is 4.79 Å². The molecule has 0 radical (unpaired) electrons. The van der Waals surface area contributed by atoms with Crippen molar-refractivity contribution in [3.05, 3.63) is 66.2 Å². The number of esters is 1. The van der Waals surface area contributed by atoms with Gasteiger partial charge in [-0.15, -0.1) is 11.3 Å². The summed E-state index contributed by atoms with van der Waals surface area (Å²) in [7, 11) is 1.43. The molecule has 6 nitrogen and oxygen atoms in total. The largest absolute Gasteiger partial charge is 0.492 e. The maximum absolute atomic E-state index is 13.4. The molecular formula is C35H41NO5S. The minimum atomic E-state index is -0.369. The van der Waals surface area contributed by atoms with Gasteiger partial charge < -0.3 is 18.9 Å². The van der Waals surface area contributed by atoms with Crippen LogP contribution >= 0.6 is 11.3 Å². The zero-order valence-electron chi connectivity index (χ0n) is 25.3. The molecule has 0 atom stereocenters. The normalized spacial score (nSPS) is 14.0. The summed E-state index contributed by atoms with van der Waals surface area (Å²) in [5.74, 6) is 1.99. The average molecular weight is 588 g/mol. The fourth-order valence-electron chi connectivity index (χ4n) is 5.46. The molecule has 222 valence electrons. The van der Waals surface area contributed by atoms with Crippen LogP contribution < -0.4 is 14.2 Å². The Morgan fingerprint density at radius 2 is 1.55 bits per heavy atom. The molecule has 0 aliphatic carbocycles. The third kappa shape index (κ3) is 7.08. The van der Waals surface area contributed by atoms with Crippen LogP contribution in [0.25, 0.3) is 31.7 Å². The molecule has 0 spiro atoms. The van der Waals surface area contributed by atoms with Gasteiger partial charge in [0.05, 0.1) is 29.8 Å². The van der Waals surface area contributed by atoms with Crippen molar-refractivity contribution >= 4 is 27.4 Å². The number of likely N-dealkylation sites (tertiary alicyclic amines) is 1. The molecule has 4 aromatic rings. The van der Waals surface area contributed by atoms with Crippen molar-refractivity contribution in [3.8, 4) is 38.8 Å². The molecule has 1 aliphatic heterocycles. The number of thiophene rings is 1. The first kappa shape index (κ1) is 29.9. The lowest BCUT2D eigenvalue weighted by atomic mass is 9.96. The maximum atomic E-state index is 13.4. The zero-order valence-corrected chi connectivity index (χ0v) is 26.1. The number of benzene rings is 3. The Morgan fingerprint density at radius 3 is 2.24 bits per heavy atom. The number of carbonyl (C=O) groups excluding carboxylic acids is 1. The smallest absolute Gasteiger partial charge is 0.340 e. The number of hydrogen-bond acceptors (Lipinski definition) is 7. The van der Waals surface area contributed by atoms with Crippen LogP contribution in [0.1, 0.15) is 57.3 Å². The predicted octanol–water partition coefficient (Wildman–Crippen LogP) is 8.46. The molecule has 42 heavy (non-hydrogen) atoms. The third-order valence-electron chi connectivity index (χ3n) is 7.28. The highest BCUT2D eigenvalue weighted by molar-refractivity contribution is 7.23. The van der Waals surface area contributed by atoms with Gasteiger partial charge in [0.25, 0.3) is 0 Å². The molecule has 3 aromatic carbocycles. The van der Waals surface area contributed by atoms with E-state index in [1.165, 1.54) is 26.4 Å². The summed E-state index contributed by atoms with van der Waals surface area (Å²) in [4.78, 5) is 16.7. The molecule has 7 heteroatoms. The lowest BCUT2D eigenvalue weighted by Gasteiger charge is -2.26. The molecule has 1 fully saturated rings. The van der Waals surface area contributed by atoms with Crippen molar-refractivity contribution in [3.63, 3.8) is 0 Å². The predicted molar refractivity (Wildman–Crippen MR) is 171 cm³/mol. The summed E-state index contributed by atoms with van der Waals surface area (Å²) in [6.45, 7) is 11.9. The number of rotatable bonds is 11. The van der Waals surface area contributed by atoms with Gasteiger partial charge in [0.2, 0.25) is 0 Å². The van der Waals surface area contributed by atoms with Gasteiger partial charge in [0, 0.05) is 16.6 Å². The SMILES string of the molecule is COC(=O)c1c(-c2ccc(OC(C)C)cc2)sc2cc(OC(C)C)cc(-c3cccc(OCCN4CCCCC4)c3)c12. The van der Waals surface area contributed by atoms with Crippen molar-refractivity contribution in [2.24, 2.45) is 0 Å². The summed E-state index contributed by atoms with van der Waals surface area (Å²) in [5.41, 5.74) is 3.35. The van der Waals surface area contributed by atoms with Crippen LogP contribution in [0.4, 0.5) is 0 Å². The van der Waals surface area contributed by atoms with E-state index in [0.717, 1.165) is 68.5 Å². The van der Waals surface area contributed by atoms with E-state index >= 15 is 0 Å². The molecule has 2 heterocycles. The molecule has 1 aliphatic rings. The molecular weight excluding hydrogens is 546 g/mol. The first-order valence-corrected chi connectivity index (χ1v) is 15.7. The van der Waals surface area contributed by atoms with Crippen LogP contribution in [0, 0.1) is 0 Å². The second-order valence-electron chi connectivity index (χ2n) is 11.3. The van der Waals surface area contributed by atoms with E-state index in [4.69, 9.17) is 18.9 Å². The van der Waals surface area contributed by atoms with Crippen LogP contribution in [-0.2, 0) is 4.74 Å². The zero-order chi connectivity index (χ0) is 29.6. The highest BCUT2D eigenvalue weighted by Gasteiger charge is 2.25. The number of nitrogens with zero attached hydrogens (tertiary/aromatic N) is 1. The molecule has 5 rings (SSSR count). The molecule has 0 bridgehead atoms. The molecule has 0 saturated carbocycles. The Labute approximate surface area is 253 Å². The highest BCUT2D eigenvalue weighted by Crippen LogP contribution is 2.46. The fourth-order valence-corrected chi connectivity index (χ4v) is 6.71. The van der Waals surface area contributed by atoms with Crippen LogP contribution in [0.2, 0.25) is 0 Å².